The average Bonchev–Trinajstić information content (AvgIpc) is 3.23. The summed E-state index contributed by atoms with van der Waals surface area (Å²) in [6.45, 7) is 10.6. The van der Waals surface area contributed by atoms with Gasteiger partial charge in [-0.3, -0.25) is 4.90 Å². The lowest BCUT2D eigenvalue weighted by Gasteiger charge is -2.44. The van der Waals surface area contributed by atoms with Crippen LogP contribution in [0.4, 0.5) is 0 Å². The number of hydrogen-bond acceptors (Lipinski definition) is 3. The number of hydrogen-bond donors (Lipinski definition) is 1. The maximum absolute atomic E-state index is 6.15. The second-order valence-corrected chi connectivity index (χ2v) is 5.74. The van der Waals surface area contributed by atoms with Crippen molar-refractivity contribution < 1.29 is 4.74 Å². The van der Waals surface area contributed by atoms with Crippen molar-refractivity contribution in [3.8, 4) is 0 Å². The molecule has 0 spiro atoms. The maximum atomic E-state index is 6.15. The van der Waals surface area contributed by atoms with Gasteiger partial charge in [-0.15, -0.1) is 0 Å². The Bertz CT molecular complexity index is 227. The summed E-state index contributed by atoms with van der Waals surface area (Å²) in [6.07, 6.45) is 5.15. The van der Waals surface area contributed by atoms with Gasteiger partial charge in [0.2, 0.25) is 0 Å². The Hall–Kier alpha value is -0.120. The SMILES string of the molecule is CCC(CC)CN(CC)C(CN)(COC)C1CC1. The van der Waals surface area contributed by atoms with E-state index in [0.717, 1.165) is 31.5 Å². The fourth-order valence-electron chi connectivity index (χ4n) is 3.18. The third kappa shape index (κ3) is 3.46. The van der Waals surface area contributed by atoms with Crippen molar-refractivity contribution in [1.29, 1.82) is 0 Å². The molecule has 0 heterocycles. The molecular formula is C15H32N2O. The molecule has 1 saturated carbocycles. The van der Waals surface area contributed by atoms with E-state index < -0.39 is 0 Å². The molecule has 0 aromatic rings. The van der Waals surface area contributed by atoms with E-state index in [1.54, 1.807) is 7.11 Å². The van der Waals surface area contributed by atoms with E-state index in [4.69, 9.17) is 10.5 Å². The predicted octanol–water partition coefficient (Wildman–Crippen LogP) is 2.50. The maximum Gasteiger partial charge on any atom is 0.0661 e. The van der Waals surface area contributed by atoms with Gasteiger partial charge in [0.15, 0.2) is 0 Å². The first-order chi connectivity index (χ1) is 8.68. The van der Waals surface area contributed by atoms with E-state index in [-0.39, 0.29) is 5.54 Å². The van der Waals surface area contributed by atoms with Crippen LogP contribution in [-0.4, -0.2) is 43.8 Å². The highest BCUT2D eigenvalue weighted by molar-refractivity contribution is 5.03. The molecule has 18 heavy (non-hydrogen) atoms. The highest BCUT2D eigenvalue weighted by Gasteiger charge is 2.48. The van der Waals surface area contributed by atoms with Crippen molar-refractivity contribution in [1.82, 2.24) is 4.90 Å². The fourth-order valence-corrected chi connectivity index (χ4v) is 3.18. The average molecular weight is 256 g/mol. The van der Waals surface area contributed by atoms with Crippen LogP contribution in [0.3, 0.4) is 0 Å². The Balaban J connectivity index is 2.78. The van der Waals surface area contributed by atoms with Gasteiger partial charge in [0.25, 0.3) is 0 Å². The Morgan fingerprint density at radius 3 is 2.22 bits per heavy atom. The minimum absolute atomic E-state index is 0.0894. The van der Waals surface area contributed by atoms with E-state index in [2.05, 4.69) is 25.7 Å². The molecule has 1 atom stereocenters. The van der Waals surface area contributed by atoms with Gasteiger partial charge in [-0.25, -0.2) is 0 Å². The highest BCUT2D eigenvalue weighted by atomic mass is 16.5. The van der Waals surface area contributed by atoms with E-state index in [1.165, 1.54) is 32.2 Å². The molecule has 1 aliphatic rings. The molecule has 0 aliphatic heterocycles. The quantitative estimate of drug-likeness (QED) is 0.652. The lowest BCUT2D eigenvalue weighted by molar-refractivity contribution is -0.00717. The summed E-state index contributed by atoms with van der Waals surface area (Å²) < 4.78 is 5.51. The lowest BCUT2D eigenvalue weighted by Crippen LogP contribution is -2.59. The van der Waals surface area contributed by atoms with Gasteiger partial charge in [-0.2, -0.15) is 0 Å². The van der Waals surface area contributed by atoms with Gasteiger partial charge in [-0.1, -0.05) is 33.6 Å². The number of nitrogens with two attached hydrogens (primary N) is 1. The van der Waals surface area contributed by atoms with Crippen LogP contribution in [0, 0.1) is 11.8 Å². The largest absolute Gasteiger partial charge is 0.383 e. The standard InChI is InChI=1S/C15H32N2O/c1-5-13(6-2)10-17(7-3)15(11-16,12-18-4)14-8-9-14/h13-14H,5-12,16H2,1-4H3. The number of nitrogens with zero attached hydrogens (tertiary/aromatic N) is 1. The summed E-state index contributed by atoms with van der Waals surface area (Å²) in [7, 11) is 1.80. The Morgan fingerprint density at radius 2 is 1.89 bits per heavy atom. The van der Waals surface area contributed by atoms with Crippen LogP contribution in [0.1, 0.15) is 46.5 Å². The normalized spacial score (nSPS) is 19.5. The monoisotopic (exact) mass is 256 g/mol. The number of rotatable bonds is 10. The lowest BCUT2D eigenvalue weighted by atomic mass is 9.89. The van der Waals surface area contributed by atoms with E-state index in [9.17, 15) is 0 Å². The molecule has 0 amide bonds. The van der Waals surface area contributed by atoms with Crippen LogP contribution in [0.5, 0.6) is 0 Å². The van der Waals surface area contributed by atoms with Crippen molar-refractivity contribution in [3.63, 3.8) is 0 Å². The molecule has 1 rings (SSSR count). The molecule has 3 nitrogen and oxygen atoms in total. The third-order valence-corrected chi connectivity index (χ3v) is 4.73. The van der Waals surface area contributed by atoms with Gasteiger partial charge in [0, 0.05) is 20.2 Å². The van der Waals surface area contributed by atoms with Gasteiger partial charge in [0.1, 0.15) is 0 Å². The number of ether oxygens (including phenoxy) is 1. The van der Waals surface area contributed by atoms with Crippen LogP contribution in [0.2, 0.25) is 0 Å². The fraction of sp³-hybridized carbons (Fsp3) is 1.00. The zero-order valence-electron chi connectivity index (χ0n) is 12.7. The van der Waals surface area contributed by atoms with E-state index >= 15 is 0 Å². The first-order valence-electron chi connectivity index (χ1n) is 7.62. The van der Waals surface area contributed by atoms with Gasteiger partial charge < -0.3 is 10.5 Å². The Morgan fingerprint density at radius 1 is 1.28 bits per heavy atom. The van der Waals surface area contributed by atoms with Gasteiger partial charge in [-0.05, 0) is 31.2 Å². The van der Waals surface area contributed by atoms with E-state index in [1.807, 2.05) is 0 Å². The topological polar surface area (TPSA) is 38.5 Å². The van der Waals surface area contributed by atoms with Gasteiger partial charge in [0.05, 0.1) is 12.1 Å². The number of methoxy groups -OCH3 is 1. The van der Waals surface area contributed by atoms with Crippen molar-refractivity contribution in [2.75, 3.05) is 33.4 Å². The molecule has 0 bridgehead atoms. The van der Waals surface area contributed by atoms with Crippen LogP contribution in [-0.2, 0) is 4.74 Å². The summed E-state index contributed by atoms with van der Waals surface area (Å²) in [5, 5.41) is 0. The van der Waals surface area contributed by atoms with Crippen molar-refractivity contribution in [3.05, 3.63) is 0 Å². The molecule has 1 fully saturated rings. The first kappa shape index (κ1) is 15.9. The van der Waals surface area contributed by atoms with Crippen molar-refractivity contribution in [2.45, 2.75) is 52.0 Å². The predicted molar refractivity (Wildman–Crippen MR) is 77.7 cm³/mol. The zero-order chi connectivity index (χ0) is 13.6. The van der Waals surface area contributed by atoms with Crippen LogP contribution in [0.25, 0.3) is 0 Å². The van der Waals surface area contributed by atoms with Gasteiger partial charge >= 0.3 is 0 Å². The summed E-state index contributed by atoms with van der Waals surface area (Å²) in [4.78, 5) is 2.60. The summed E-state index contributed by atoms with van der Waals surface area (Å²) in [5.74, 6) is 1.53. The Labute approximate surface area is 113 Å². The smallest absolute Gasteiger partial charge is 0.0661 e. The molecule has 0 saturated heterocycles. The molecule has 0 radical (unpaired) electrons. The van der Waals surface area contributed by atoms with Crippen LogP contribution >= 0.6 is 0 Å². The van der Waals surface area contributed by atoms with Crippen molar-refractivity contribution >= 4 is 0 Å². The number of likely N-dealkylation sites (N-methyl/N-ethyl adjacent to an activating group) is 1. The molecule has 2 N–H and O–H groups in total. The molecular weight excluding hydrogens is 224 g/mol. The molecule has 3 heteroatoms. The first-order valence-corrected chi connectivity index (χ1v) is 7.62. The van der Waals surface area contributed by atoms with Crippen molar-refractivity contribution in [2.24, 2.45) is 17.6 Å². The Kier molecular flexibility index (Phi) is 6.61. The molecule has 0 aromatic carbocycles. The molecule has 0 aromatic heterocycles. The second kappa shape index (κ2) is 7.46. The zero-order valence-corrected chi connectivity index (χ0v) is 12.7. The molecule has 108 valence electrons. The summed E-state index contributed by atoms with van der Waals surface area (Å²) >= 11 is 0. The minimum atomic E-state index is 0.0894. The van der Waals surface area contributed by atoms with Crippen LogP contribution < -0.4 is 5.73 Å². The molecule has 1 aliphatic carbocycles. The van der Waals surface area contributed by atoms with E-state index in [0.29, 0.717) is 0 Å². The molecule has 1 unspecified atom stereocenters. The second-order valence-electron chi connectivity index (χ2n) is 5.74. The summed E-state index contributed by atoms with van der Waals surface area (Å²) in [5.41, 5.74) is 6.24. The third-order valence-electron chi connectivity index (χ3n) is 4.73. The highest BCUT2D eigenvalue weighted by Crippen LogP contribution is 2.43. The summed E-state index contributed by atoms with van der Waals surface area (Å²) in [6, 6.07) is 0. The van der Waals surface area contributed by atoms with Crippen LogP contribution in [0.15, 0.2) is 0 Å². The minimum Gasteiger partial charge on any atom is -0.383 e.